The molecule has 3 fully saturated rings. The summed E-state index contributed by atoms with van der Waals surface area (Å²) in [6, 6.07) is 4.60. The van der Waals surface area contributed by atoms with E-state index in [0.717, 1.165) is 42.5 Å². The van der Waals surface area contributed by atoms with E-state index in [4.69, 9.17) is 11.6 Å². The molecule has 3 saturated heterocycles. The number of H-pyrrole nitrogens is 1. The van der Waals surface area contributed by atoms with Gasteiger partial charge in [-0.3, -0.25) is 9.89 Å². The van der Waals surface area contributed by atoms with Gasteiger partial charge in [-0.2, -0.15) is 5.10 Å². The molecule has 0 aliphatic carbocycles. The van der Waals surface area contributed by atoms with Crippen molar-refractivity contribution in [1.82, 2.24) is 15.1 Å². The molecule has 2 aromatic rings. The lowest BCUT2D eigenvalue weighted by atomic mass is 9.90. The van der Waals surface area contributed by atoms with E-state index in [-0.39, 0.29) is 5.91 Å². The molecule has 2 atom stereocenters. The number of piperazine rings is 1. The minimum Gasteiger partial charge on any atom is -0.364 e. The van der Waals surface area contributed by atoms with Gasteiger partial charge in [-0.1, -0.05) is 11.6 Å². The van der Waals surface area contributed by atoms with Crippen molar-refractivity contribution in [2.45, 2.75) is 31.8 Å². The molecular formula is C15H17ClN4O. The van der Waals surface area contributed by atoms with E-state index < -0.39 is 0 Å². The van der Waals surface area contributed by atoms with Crippen LogP contribution in [0.5, 0.6) is 0 Å². The number of carbonyl (C=O) groups is 1. The molecule has 1 amide bonds. The van der Waals surface area contributed by atoms with E-state index in [0.29, 0.717) is 17.1 Å². The van der Waals surface area contributed by atoms with Gasteiger partial charge >= 0.3 is 0 Å². The number of aromatic nitrogens is 2. The molecule has 3 aliphatic heterocycles. The van der Waals surface area contributed by atoms with Crippen LogP contribution >= 0.6 is 11.6 Å². The zero-order chi connectivity index (χ0) is 14.6. The van der Waals surface area contributed by atoms with Crippen LogP contribution in [0.3, 0.4) is 0 Å². The number of aromatic amines is 1. The van der Waals surface area contributed by atoms with Gasteiger partial charge in [0, 0.05) is 48.2 Å². The van der Waals surface area contributed by atoms with Gasteiger partial charge in [0.25, 0.3) is 0 Å². The number of piperidine rings is 2. The molecule has 6 heteroatoms. The van der Waals surface area contributed by atoms with Crippen molar-refractivity contribution in [1.29, 1.82) is 0 Å². The van der Waals surface area contributed by atoms with Gasteiger partial charge in [0.1, 0.15) is 0 Å². The second-order valence-electron chi connectivity index (χ2n) is 5.96. The number of halogens is 1. The van der Waals surface area contributed by atoms with Crippen LogP contribution < -0.4 is 4.90 Å². The van der Waals surface area contributed by atoms with Crippen molar-refractivity contribution < 1.29 is 4.79 Å². The fourth-order valence-electron chi connectivity index (χ4n) is 3.74. The summed E-state index contributed by atoms with van der Waals surface area (Å²) in [6.45, 7) is 3.36. The van der Waals surface area contributed by atoms with Crippen LogP contribution in [0.4, 0.5) is 5.69 Å². The number of hydrogen-bond acceptors (Lipinski definition) is 3. The molecule has 0 radical (unpaired) electrons. The summed E-state index contributed by atoms with van der Waals surface area (Å²) >= 11 is 6.24. The molecule has 0 spiro atoms. The minimum atomic E-state index is 0.184. The number of fused-ring (bicyclic) bond motifs is 4. The predicted octanol–water partition coefficient (Wildman–Crippen LogP) is 2.42. The fraction of sp³-hybridized carbons (Fsp3) is 0.467. The number of carbonyl (C=O) groups excluding carboxylic acids is 1. The van der Waals surface area contributed by atoms with Crippen LogP contribution in [-0.2, 0) is 4.79 Å². The number of nitrogens with zero attached hydrogens (tertiary/aromatic N) is 3. The van der Waals surface area contributed by atoms with Crippen molar-refractivity contribution >= 4 is 34.1 Å². The summed E-state index contributed by atoms with van der Waals surface area (Å²) < 4.78 is 0. The SMILES string of the molecule is CC(=O)N1CC2CCC1CN2c1cc(Cl)cc2[nH]ncc12. The molecule has 1 N–H and O–H groups in total. The molecule has 0 saturated carbocycles. The highest BCUT2D eigenvalue weighted by Crippen LogP contribution is 2.37. The Balaban J connectivity index is 1.74. The lowest BCUT2D eigenvalue weighted by Gasteiger charge is -2.52. The van der Waals surface area contributed by atoms with Gasteiger partial charge in [-0.25, -0.2) is 0 Å². The smallest absolute Gasteiger partial charge is 0.219 e. The quantitative estimate of drug-likeness (QED) is 0.880. The number of amides is 1. The molecule has 1 aromatic heterocycles. The van der Waals surface area contributed by atoms with E-state index in [2.05, 4.69) is 15.1 Å². The van der Waals surface area contributed by atoms with Gasteiger partial charge in [-0.15, -0.1) is 0 Å². The van der Waals surface area contributed by atoms with Crippen LogP contribution in [0.2, 0.25) is 5.02 Å². The third-order valence-corrected chi connectivity index (χ3v) is 4.96. The largest absolute Gasteiger partial charge is 0.364 e. The molecule has 1 aromatic carbocycles. The molecule has 110 valence electrons. The molecule has 5 rings (SSSR count). The summed E-state index contributed by atoms with van der Waals surface area (Å²) in [6.07, 6.45) is 4.07. The topological polar surface area (TPSA) is 52.2 Å². The van der Waals surface area contributed by atoms with Crippen LogP contribution in [0.1, 0.15) is 19.8 Å². The lowest BCUT2D eigenvalue weighted by Crippen LogP contribution is -2.63. The Hall–Kier alpha value is -1.75. The number of hydrogen-bond donors (Lipinski definition) is 1. The van der Waals surface area contributed by atoms with Crippen LogP contribution in [0.25, 0.3) is 10.9 Å². The molecule has 3 aliphatic rings. The van der Waals surface area contributed by atoms with E-state index in [9.17, 15) is 4.79 Å². The highest BCUT2D eigenvalue weighted by Gasteiger charge is 2.40. The van der Waals surface area contributed by atoms with E-state index in [1.807, 2.05) is 23.2 Å². The fourth-order valence-corrected chi connectivity index (χ4v) is 3.96. The summed E-state index contributed by atoms with van der Waals surface area (Å²) in [4.78, 5) is 16.1. The summed E-state index contributed by atoms with van der Waals surface area (Å²) in [7, 11) is 0. The van der Waals surface area contributed by atoms with Crippen LogP contribution in [-0.4, -0.2) is 46.2 Å². The van der Waals surface area contributed by atoms with Crippen molar-refractivity contribution in [3.63, 3.8) is 0 Å². The van der Waals surface area contributed by atoms with Crippen LogP contribution in [0, 0.1) is 0 Å². The second-order valence-corrected chi connectivity index (χ2v) is 6.40. The van der Waals surface area contributed by atoms with Crippen molar-refractivity contribution in [3.05, 3.63) is 23.4 Å². The summed E-state index contributed by atoms with van der Waals surface area (Å²) in [5, 5.41) is 8.93. The average molecular weight is 305 g/mol. The van der Waals surface area contributed by atoms with Gasteiger partial charge in [-0.05, 0) is 25.0 Å². The first kappa shape index (κ1) is 13.0. The highest BCUT2D eigenvalue weighted by atomic mass is 35.5. The third-order valence-electron chi connectivity index (χ3n) is 4.75. The average Bonchev–Trinajstić information content (AvgIpc) is 2.94. The second kappa shape index (κ2) is 4.63. The number of benzene rings is 1. The van der Waals surface area contributed by atoms with Gasteiger partial charge in [0.15, 0.2) is 0 Å². The van der Waals surface area contributed by atoms with Crippen molar-refractivity contribution in [2.75, 3.05) is 18.0 Å². The van der Waals surface area contributed by atoms with Gasteiger partial charge < -0.3 is 9.80 Å². The first-order valence-corrected chi connectivity index (χ1v) is 7.68. The zero-order valence-electron chi connectivity index (χ0n) is 11.8. The standard InChI is InChI=1S/C15H17ClN4O/c1-9(21)19-7-12-3-2-11(19)8-20(12)15-5-10(16)4-14-13(15)6-17-18-14/h4-6,11-12H,2-3,7-8H2,1H3,(H,17,18). The molecular weight excluding hydrogens is 288 g/mol. The molecule has 4 heterocycles. The maximum atomic E-state index is 11.7. The predicted molar refractivity (Wildman–Crippen MR) is 82.6 cm³/mol. The number of rotatable bonds is 1. The van der Waals surface area contributed by atoms with Crippen molar-refractivity contribution in [2.24, 2.45) is 0 Å². The van der Waals surface area contributed by atoms with Gasteiger partial charge in [0.2, 0.25) is 5.91 Å². The molecule has 2 bridgehead atoms. The van der Waals surface area contributed by atoms with E-state index >= 15 is 0 Å². The Bertz CT molecular complexity index is 713. The zero-order valence-corrected chi connectivity index (χ0v) is 12.6. The Morgan fingerprint density at radius 1 is 1.33 bits per heavy atom. The Morgan fingerprint density at radius 2 is 2.14 bits per heavy atom. The number of nitrogens with one attached hydrogen (secondary N) is 1. The Morgan fingerprint density at radius 3 is 2.86 bits per heavy atom. The molecule has 5 nitrogen and oxygen atoms in total. The normalized spacial score (nSPS) is 24.9. The van der Waals surface area contributed by atoms with Crippen LogP contribution in [0.15, 0.2) is 18.3 Å². The third kappa shape index (κ3) is 1.99. The Labute approximate surface area is 127 Å². The van der Waals surface area contributed by atoms with Crippen molar-refractivity contribution in [3.8, 4) is 0 Å². The maximum absolute atomic E-state index is 11.7. The van der Waals surface area contributed by atoms with Gasteiger partial charge in [0.05, 0.1) is 11.7 Å². The minimum absolute atomic E-state index is 0.184. The molecule has 21 heavy (non-hydrogen) atoms. The van der Waals surface area contributed by atoms with E-state index in [1.165, 1.54) is 0 Å². The number of anilines is 1. The molecule has 2 unspecified atom stereocenters. The monoisotopic (exact) mass is 304 g/mol. The summed E-state index contributed by atoms with van der Waals surface area (Å²) in [5.74, 6) is 0.184. The lowest BCUT2D eigenvalue weighted by molar-refractivity contribution is -0.133. The van der Waals surface area contributed by atoms with E-state index in [1.54, 1.807) is 6.92 Å². The Kier molecular flexibility index (Phi) is 2.85. The first-order valence-electron chi connectivity index (χ1n) is 7.30. The summed E-state index contributed by atoms with van der Waals surface area (Å²) in [5.41, 5.74) is 2.09. The first-order chi connectivity index (χ1) is 10.1. The highest BCUT2D eigenvalue weighted by molar-refractivity contribution is 6.31. The maximum Gasteiger partial charge on any atom is 0.219 e.